The molecule has 0 aliphatic rings. The van der Waals surface area contributed by atoms with Gasteiger partial charge in [0.1, 0.15) is 5.82 Å². The van der Waals surface area contributed by atoms with Crippen molar-refractivity contribution < 1.29 is 4.39 Å². The van der Waals surface area contributed by atoms with E-state index in [1.54, 1.807) is 6.07 Å². The number of benzene rings is 2. The maximum atomic E-state index is 13.4. The molecule has 0 spiro atoms. The highest BCUT2D eigenvalue weighted by Gasteiger charge is 2.04. The quantitative estimate of drug-likeness (QED) is 0.721. The lowest BCUT2D eigenvalue weighted by atomic mass is 10.2. The van der Waals surface area contributed by atoms with Crippen LogP contribution in [0, 0.1) is 5.82 Å². The molecule has 1 aromatic heterocycles. The summed E-state index contributed by atoms with van der Waals surface area (Å²) in [7, 11) is 0. The molecule has 0 saturated heterocycles. The number of nitrogens with one attached hydrogen (secondary N) is 2. The number of H-pyrrole nitrogens is 1. The summed E-state index contributed by atoms with van der Waals surface area (Å²) >= 11 is 3.14. The Hall–Kier alpha value is -1.81. The summed E-state index contributed by atoms with van der Waals surface area (Å²) in [5.74, 6) is -0.260. The maximum absolute atomic E-state index is 13.4. The Labute approximate surface area is 118 Å². The predicted octanol–water partition coefficient (Wildman–Crippen LogP) is 4.68. The van der Waals surface area contributed by atoms with E-state index < -0.39 is 0 Å². The molecule has 0 amide bonds. The van der Waals surface area contributed by atoms with Crippen LogP contribution in [0.1, 0.15) is 5.56 Å². The third-order valence-corrected chi connectivity index (χ3v) is 3.72. The first-order valence-electron chi connectivity index (χ1n) is 5.98. The van der Waals surface area contributed by atoms with E-state index in [1.807, 2.05) is 30.5 Å². The number of aromatic nitrogens is 1. The Balaban J connectivity index is 1.80. The van der Waals surface area contributed by atoms with Crippen LogP contribution in [-0.4, -0.2) is 4.98 Å². The molecule has 96 valence electrons. The van der Waals surface area contributed by atoms with E-state index in [-0.39, 0.29) is 5.82 Å². The van der Waals surface area contributed by atoms with Crippen LogP contribution in [0.2, 0.25) is 0 Å². The highest BCUT2D eigenvalue weighted by molar-refractivity contribution is 9.10. The SMILES string of the molecule is Fc1cc(NCc2c[nH]c3ccccc23)ccc1Br. The fraction of sp³-hybridized carbons (Fsp3) is 0.0667. The Morgan fingerprint density at radius 1 is 1.16 bits per heavy atom. The molecule has 0 atom stereocenters. The van der Waals surface area contributed by atoms with Crippen LogP contribution in [-0.2, 0) is 6.54 Å². The molecule has 0 unspecified atom stereocenters. The van der Waals surface area contributed by atoms with Crippen molar-refractivity contribution in [1.29, 1.82) is 0 Å². The van der Waals surface area contributed by atoms with Gasteiger partial charge in [-0.1, -0.05) is 18.2 Å². The number of aromatic amines is 1. The normalized spacial score (nSPS) is 10.8. The van der Waals surface area contributed by atoms with E-state index in [4.69, 9.17) is 0 Å². The number of rotatable bonds is 3. The summed E-state index contributed by atoms with van der Waals surface area (Å²) in [4.78, 5) is 3.22. The maximum Gasteiger partial charge on any atom is 0.139 e. The van der Waals surface area contributed by atoms with Crippen molar-refractivity contribution in [2.75, 3.05) is 5.32 Å². The van der Waals surface area contributed by atoms with Gasteiger partial charge in [-0.05, 0) is 45.8 Å². The smallest absolute Gasteiger partial charge is 0.139 e. The zero-order valence-electron chi connectivity index (χ0n) is 10.1. The number of anilines is 1. The lowest BCUT2D eigenvalue weighted by Gasteiger charge is -2.06. The Morgan fingerprint density at radius 3 is 2.84 bits per heavy atom. The van der Waals surface area contributed by atoms with Crippen molar-refractivity contribution in [2.45, 2.75) is 6.54 Å². The summed E-state index contributed by atoms with van der Waals surface area (Å²) in [5, 5.41) is 4.41. The highest BCUT2D eigenvalue weighted by Crippen LogP contribution is 2.22. The third kappa shape index (κ3) is 2.49. The summed E-state index contributed by atoms with van der Waals surface area (Å²) in [6, 6.07) is 13.2. The van der Waals surface area contributed by atoms with Crippen molar-refractivity contribution in [3.8, 4) is 0 Å². The Kier molecular flexibility index (Phi) is 3.25. The molecule has 2 N–H and O–H groups in total. The molecule has 19 heavy (non-hydrogen) atoms. The first kappa shape index (κ1) is 12.2. The fourth-order valence-corrected chi connectivity index (χ4v) is 2.33. The average Bonchev–Trinajstić information content (AvgIpc) is 2.83. The number of fused-ring (bicyclic) bond motifs is 1. The van der Waals surface area contributed by atoms with Gasteiger partial charge in [0.15, 0.2) is 0 Å². The second kappa shape index (κ2) is 5.05. The van der Waals surface area contributed by atoms with Gasteiger partial charge >= 0.3 is 0 Å². The van der Waals surface area contributed by atoms with E-state index in [2.05, 4.69) is 32.3 Å². The number of hydrogen-bond acceptors (Lipinski definition) is 1. The summed E-state index contributed by atoms with van der Waals surface area (Å²) in [6.45, 7) is 0.658. The summed E-state index contributed by atoms with van der Waals surface area (Å²) < 4.78 is 13.9. The average molecular weight is 319 g/mol. The number of halogens is 2. The van der Waals surface area contributed by atoms with Gasteiger partial charge in [-0.2, -0.15) is 0 Å². The van der Waals surface area contributed by atoms with Crippen molar-refractivity contribution in [1.82, 2.24) is 4.98 Å². The van der Waals surface area contributed by atoms with Crippen molar-refractivity contribution in [2.24, 2.45) is 0 Å². The van der Waals surface area contributed by atoms with Gasteiger partial charge in [0.2, 0.25) is 0 Å². The first-order valence-corrected chi connectivity index (χ1v) is 6.77. The molecular weight excluding hydrogens is 307 g/mol. The minimum Gasteiger partial charge on any atom is -0.381 e. The van der Waals surface area contributed by atoms with Crippen LogP contribution >= 0.6 is 15.9 Å². The Bertz CT molecular complexity index is 721. The van der Waals surface area contributed by atoms with E-state index in [0.717, 1.165) is 11.2 Å². The molecule has 0 radical (unpaired) electrons. The number of hydrogen-bond donors (Lipinski definition) is 2. The van der Waals surface area contributed by atoms with Crippen LogP contribution in [0.15, 0.2) is 53.1 Å². The minimum atomic E-state index is -0.260. The van der Waals surface area contributed by atoms with Crippen LogP contribution in [0.25, 0.3) is 10.9 Å². The van der Waals surface area contributed by atoms with E-state index in [9.17, 15) is 4.39 Å². The molecule has 3 rings (SSSR count). The monoisotopic (exact) mass is 318 g/mol. The second-order valence-electron chi connectivity index (χ2n) is 4.34. The minimum absolute atomic E-state index is 0.260. The molecule has 2 nitrogen and oxygen atoms in total. The molecule has 0 aliphatic carbocycles. The fourth-order valence-electron chi connectivity index (χ4n) is 2.08. The standard InChI is InChI=1S/C15H12BrFN2/c16-13-6-5-11(7-14(13)17)18-8-10-9-19-15-4-2-1-3-12(10)15/h1-7,9,18-19H,8H2. The summed E-state index contributed by atoms with van der Waals surface area (Å²) in [6.07, 6.45) is 1.98. The predicted molar refractivity (Wildman–Crippen MR) is 79.7 cm³/mol. The molecule has 2 aromatic carbocycles. The molecule has 1 heterocycles. The van der Waals surface area contributed by atoms with Gasteiger partial charge in [0, 0.05) is 29.3 Å². The van der Waals surface area contributed by atoms with E-state index in [0.29, 0.717) is 11.0 Å². The molecule has 3 aromatic rings. The largest absolute Gasteiger partial charge is 0.381 e. The van der Waals surface area contributed by atoms with Crippen LogP contribution in [0.5, 0.6) is 0 Å². The topological polar surface area (TPSA) is 27.8 Å². The molecule has 0 saturated carbocycles. The van der Waals surface area contributed by atoms with Crippen LogP contribution in [0.3, 0.4) is 0 Å². The molecule has 0 aliphatic heterocycles. The molecule has 0 bridgehead atoms. The molecule has 4 heteroatoms. The third-order valence-electron chi connectivity index (χ3n) is 3.08. The van der Waals surface area contributed by atoms with Crippen molar-refractivity contribution in [3.63, 3.8) is 0 Å². The van der Waals surface area contributed by atoms with Crippen LogP contribution < -0.4 is 5.32 Å². The lowest BCUT2D eigenvalue weighted by molar-refractivity contribution is 0.621. The van der Waals surface area contributed by atoms with Gasteiger partial charge in [0.25, 0.3) is 0 Å². The van der Waals surface area contributed by atoms with Crippen LogP contribution in [0.4, 0.5) is 10.1 Å². The first-order chi connectivity index (χ1) is 9.24. The number of para-hydroxylation sites is 1. The molecule has 0 fully saturated rings. The van der Waals surface area contributed by atoms with E-state index in [1.165, 1.54) is 17.0 Å². The summed E-state index contributed by atoms with van der Waals surface area (Å²) in [5.41, 5.74) is 3.05. The zero-order valence-corrected chi connectivity index (χ0v) is 11.7. The van der Waals surface area contributed by atoms with E-state index >= 15 is 0 Å². The lowest BCUT2D eigenvalue weighted by Crippen LogP contribution is -1.99. The van der Waals surface area contributed by atoms with Gasteiger partial charge in [0.05, 0.1) is 4.47 Å². The van der Waals surface area contributed by atoms with Gasteiger partial charge in [-0.25, -0.2) is 4.39 Å². The highest BCUT2D eigenvalue weighted by atomic mass is 79.9. The van der Waals surface area contributed by atoms with Gasteiger partial charge in [-0.3, -0.25) is 0 Å². The zero-order chi connectivity index (χ0) is 13.2. The second-order valence-corrected chi connectivity index (χ2v) is 5.20. The Morgan fingerprint density at radius 2 is 2.00 bits per heavy atom. The van der Waals surface area contributed by atoms with Crippen molar-refractivity contribution >= 4 is 32.5 Å². The van der Waals surface area contributed by atoms with Gasteiger partial charge in [-0.15, -0.1) is 0 Å². The van der Waals surface area contributed by atoms with Gasteiger partial charge < -0.3 is 10.3 Å². The molecular formula is C15H12BrFN2. The van der Waals surface area contributed by atoms with Crippen molar-refractivity contribution in [3.05, 3.63) is 64.5 Å².